The number of benzene rings is 2. The van der Waals surface area contributed by atoms with E-state index in [9.17, 15) is 9.90 Å². The zero-order chi connectivity index (χ0) is 16.0. The maximum Gasteiger partial charge on any atom is 0.223 e. The van der Waals surface area contributed by atoms with Crippen LogP contribution in [0.25, 0.3) is 0 Å². The molecule has 2 aromatic carbocycles. The summed E-state index contributed by atoms with van der Waals surface area (Å²) in [5.74, 6) is -0.138. The average Bonchev–Trinajstić information content (AvgIpc) is 2.50. The maximum atomic E-state index is 12.0. The summed E-state index contributed by atoms with van der Waals surface area (Å²) in [7, 11) is 0. The second-order valence-electron chi connectivity index (χ2n) is 5.90. The van der Waals surface area contributed by atoms with Gasteiger partial charge in [0.2, 0.25) is 5.91 Å². The first-order valence-corrected chi connectivity index (χ1v) is 7.57. The largest absolute Gasteiger partial charge is 0.385 e. The van der Waals surface area contributed by atoms with Gasteiger partial charge in [-0.25, -0.2) is 0 Å². The molecule has 2 N–H and O–H groups in total. The van der Waals surface area contributed by atoms with Crippen LogP contribution < -0.4 is 5.32 Å². The summed E-state index contributed by atoms with van der Waals surface area (Å²) in [6, 6.07) is 17.6. The highest BCUT2D eigenvalue weighted by molar-refractivity contribution is 5.77. The Morgan fingerprint density at radius 1 is 1.09 bits per heavy atom. The first-order chi connectivity index (χ1) is 10.5. The minimum atomic E-state index is -1.14. The molecule has 0 heterocycles. The Morgan fingerprint density at radius 2 is 1.73 bits per heavy atom. The lowest BCUT2D eigenvalue weighted by molar-refractivity contribution is -0.125. The molecule has 0 aromatic heterocycles. The lowest BCUT2D eigenvalue weighted by atomic mass is 9.92. The third-order valence-electron chi connectivity index (χ3n) is 3.76. The van der Waals surface area contributed by atoms with Gasteiger partial charge >= 0.3 is 0 Å². The minimum Gasteiger partial charge on any atom is -0.385 e. The lowest BCUT2D eigenvalue weighted by Crippen LogP contribution is -2.33. The van der Waals surface area contributed by atoms with Gasteiger partial charge in [0, 0.05) is 6.54 Å². The monoisotopic (exact) mass is 297 g/mol. The van der Waals surface area contributed by atoms with Gasteiger partial charge < -0.3 is 10.4 Å². The Kier molecular flexibility index (Phi) is 5.34. The van der Waals surface area contributed by atoms with Crippen LogP contribution in [-0.4, -0.2) is 17.6 Å². The molecule has 1 atom stereocenters. The highest BCUT2D eigenvalue weighted by Crippen LogP contribution is 2.23. The summed E-state index contributed by atoms with van der Waals surface area (Å²) in [4.78, 5) is 12.0. The standard InChI is InChI=1S/C19H23NO2/c1-15-8-10-16(11-9-15)12-13-20-18(21)14-19(2,22)17-6-4-3-5-7-17/h3-11,22H,12-14H2,1-2H3,(H,20,21). The summed E-state index contributed by atoms with van der Waals surface area (Å²) in [5.41, 5.74) is 2.03. The van der Waals surface area contributed by atoms with E-state index in [0.717, 1.165) is 12.0 Å². The van der Waals surface area contributed by atoms with Crippen molar-refractivity contribution in [2.24, 2.45) is 0 Å². The smallest absolute Gasteiger partial charge is 0.223 e. The van der Waals surface area contributed by atoms with Gasteiger partial charge in [-0.05, 0) is 31.4 Å². The number of hydrogen-bond donors (Lipinski definition) is 2. The zero-order valence-electron chi connectivity index (χ0n) is 13.2. The van der Waals surface area contributed by atoms with Gasteiger partial charge in [0.25, 0.3) is 0 Å². The SMILES string of the molecule is Cc1ccc(CCNC(=O)CC(C)(O)c2ccccc2)cc1. The quantitative estimate of drug-likeness (QED) is 0.861. The summed E-state index contributed by atoms with van der Waals surface area (Å²) in [6.07, 6.45) is 0.852. The topological polar surface area (TPSA) is 49.3 Å². The van der Waals surface area contributed by atoms with Crippen molar-refractivity contribution in [3.8, 4) is 0 Å². The maximum absolute atomic E-state index is 12.0. The van der Waals surface area contributed by atoms with Crippen LogP contribution in [0.15, 0.2) is 54.6 Å². The van der Waals surface area contributed by atoms with E-state index in [2.05, 4.69) is 36.5 Å². The lowest BCUT2D eigenvalue weighted by Gasteiger charge is -2.23. The first-order valence-electron chi connectivity index (χ1n) is 7.57. The Morgan fingerprint density at radius 3 is 2.36 bits per heavy atom. The second-order valence-corrected chi connectivity index (χ2v) is 5.90. The molecule has 0 radical (unpaired) electrons. The van der Waals surface area contributed by atoms with Crippen molar-refractivity contribution in [1.82, 2.24) is 5.32 Å². The molecule has 0 bridgehead atoms. The first kappa shape index (κ1) is 16.2. The van der Waals surface area contributed by atoms with Gasteiger partial charge in [0.05, 0.1) is 12.0 Å². The Hall–Kier alpha value is -2.13. The number of nitrogens with one attached hydrogen (secondary N) is 1. The molecule has 2 rings (SSSR count). The van der Waals surface area contributed by atoms with Crippen LogP contribution in [0, 0.1) is 6.92 Å². The Balaban J connectivity index is 1.81. The molecule has 0 saturated heterocycles. The third-order valence-corrected chi connectivity index (χ3v) is 3.76. The van der Waals surface area contributed by atoms with Crippen molar-refractivity contribution in [2.75, 3.05) is 6.54 Å². The van der Waals surface area contributed by atoms with Crippen LogP contribution in [-0.2, 0) is 16.8 Å². The molecule has 3 heteroatoms. The van der Waals surface area contributed by atoms with Gasteiger partial charge in [-0.3, -0.25) is 4.79 Å². The zero-order valence-corrected chi connectivity index (χ0v) is 13.2. The fourth-order valence-electron chi connectivity index (χ4n) is 2.38. The number of carbonyl (C=O) groups excluding carboxylic acids is 1. The van der Waals surface area contributed by atoms with E-state index in [-0.39, 0.29) is 12.3 Å². The van der Waals surface area contributed by atoms with Crippen LogP contribution in [0.3, 0.4) is 0 Å². The van der Waals surface area contributed by atoms with Crippen molar-refractivity contribution < 1.29 is 9.90 Å². The average molecular weight is 297 g/mol. The molecule has 116 valence electrons. The Labute approximate surface area is 132 Å². The minimum absolute atomic E-state index is 0.0604. The number of hydrogen-bond acceptors (Lipinski definition) is 2. The molecule has 0 aliphatic carbocycles. The molecule has 0 fully saturated rings. The number of rotatable bonds is 6. The predicted octanol–water partition coefficient (Wildman–Crippen LogP) is 2.95. The molecule has 0 aliphatic rings. The van der Waals surface area contributed by atoms with E-state index in [1.165, 1.54) is 11.1 Å². The van der Waals surface area contributed by atoms with Crippen molar-refractivity contribution in [3.05, 3.63) is 71.3 Å². The van der Waals surface area contributed by atoms with Gasteiger partial charge in [-0.2, -0.15) is 0 Å². The third kappa shape index (κ3) is 4.71. The second kappa shape index (κ2) is 7.23. The van der Waals surface area contributed by atoms with Crippen LogP contribution in [0.2, 0.25) is 0 Å². The fourth-order valence-corrected chi connectivity index (χ4v) is 2.38. The highest BCUT2D eigenvalue weighted by Gasteiger charge is 2.26. The van der Waals surface area contributed by atoms with Crippen molar-refractivity contribution >= 4 is 5.91 Å². The van der Waals surface area contributed by atoms with E-state index < -0.39 is 5.60 Å². The van der Waals surface area contributed by atoms with E-state index in [4.69, 9.17) is 0 Å². The van der Waals surface area contributed by atoms with E-state index in [1.807, 2.05) is 30.3 Å². The predicted molar refractivity (Wildman–Crippen MR) is 88.5 cm³/mol. The molecular weight excluding hydrogens is 274 g/mol. The van der Waals surface area contributed by atoms with Crippen LogP contribution >= 0.6 is 0 Å². The van der Waals surface area contributed by atoms with Gasteiger partial charge in [0.15, 0.2) is 0 Å². The van der Waals surface area contributed by atoms with E-state index in [1.54, 1.807) is 6.92 Å². The number of carbonyl (C=O) groups is 1. The van der Waals surface area contributed by atoms with Crippen LogP contribution in [0.1, 0.15) is 30.0 Å². The van der Waals surface area contributed by atoms with Gasteiger partial charge in [0.1, 0.15) is 0 Å². The summed E-state index contributed by atoms with van der Waals surface area (Å²) in [5, 5.41) is 13.3. The van der Waals surface area contributed by atoms with Gasteiger partial charge in [-0.1, -0.05) is 60.2 Å². The molecule has 2 aromatic rings. The molecule has 22 heavy (non-hydrogen) atoms. The van der Waals surface area contributed by atoms with Crippen molar-refractivity contribution in [1.29, 1.82) is 0 Å². The molecular formula is C19H23NO2. The summed E-state index contributed by atoms with van der Waals surface area (Å²) < 4.78 is 0. The molecule has 1 unspecified atom stereocenters. The van der Waals surface area contributed by atoms with Crippen molar-refractivity contribution in [3.63, 3.8) is 0 Å². The fraction of sp³-hybridized carbons (Fsp3) is 0.316. The number of aliphatic hydroxyl groups is 1. The normalized spacial score (nSPS) is 13.4. The molecule has 0 spiro atoms. The van der Waals surface area contributed by atoms with Crippen LogP contribution in [0.4, 0.5) is 0 Å². The number of amides is 1. The van der Waals surface area contributed by atoms with Crippen molar-refractivity contribution in [2.45, 2.75) is 32.3 Å². The summed E-state index contributed by atoms with van der Waals surface area (Å²) >= 11 is 0. The van der Waals surface area contributed by atoms with E-state index in [0.29, 0.717) is 6.54 Å². The molecule has 3 nitrogen and oxygen atoms in total. The highest BCUT2D eigenvalue weighted by atomic mass is 16.3. The van der Waals surface area contributed by atoms with E-state index >= 15 is 0 Å². The number of aryl methyl sites for hydroxylation is 1. The van der Waals surface area contributed by atoms with Crippen LogP contribution in [0.5, 0.6) is 0 Å². The molecule has 0 saturated carbocycles. The van der Waals surface area contributed by atoms with Gasteiger partial charge in [-0.15, -0.1) is 0 Å². The molecule has 0 aliphatic heterocycles. The Bertz CT molecular complexity index is 603. The summed E-state index contributed by atoms with van der Waals surface area (Å²) in [6.45, 7) is 4.30. The molecule has 1 amide bonds.